The molecule has 6 nitrogen and oxygen atoms in total. The minimum Gasteiger partial charge on any atom is -0.337 e. The fourth-order valence-corrected chi connectivity index (χ4v) is 2.84. The lowest BCUT2D eigenvalue weighted by atomic mass is 9.99. The lowest BCUT2D eigenvalue weighted by Crippen LogP contribution is -2.52. The van der Waals surface area contributed by atoms with E-state index in [1.807, 2.05) is 10.6 Å². The maximum Gasteiger partial charge on any atom is 0.431 e. The van der Waals surface area contributed by atoms with Gasteiger partial charge in [-0.25, -0.2) is 4.79 Å². The van der Waals surface area contributed by atoms with E-state index in [2.05, 4.69) is 0 Å². The molecule has 2 N–H and O–H groups in total. The van der Waals surface area contributed by atoms with Gasteiger partial charge in [0.25, 0.3) is 11.8 Å². The number of benzene rings is 1. The van der Waals surface area contributed by atoms with E-state index < -0.39 is 35.3 Å². The number of allylic oxidation sites excluding steroid dienone is 5. The molecule has 0 aromatic heterocycles. The van der Waals surface area contributed by atoms with Gasteiger partial charge < -0.3 is 4.90 Å². The van der Waals surface area contributed by atoms with Crippen LogP contribution in [0.5, 0.6) is 0 Å². The number of amides is 4. The Bertz CT molecular complexity index is 893. The van der Waals surface area contributed by atoms with Crippen molar-refractivity contribution in [3.63, 3.8) is 0 Å². The van der Waals surface area contributed by atoms with Gasteiger partial charge in [-0.1, -0.05) is 30.3 Å². The maximum atomic E-state index is 13.6. The number of imide groups is 2. The molecular weight excluding hydrogens is 363 g/mol. The topological polar surface area (TPSA) is 78.5 Å². The highest BCUT2D eigenvalue weighted by Gasteiger charge is 2.41. The molecule has 2 heterocycles. The molecule has 1 aromatic rings. The van der Waals surface area contributed by atoms with Crippen LogP contribution in [0.25, 0.3) is 0 Å². The summed E-state index contributed by atoms with van der Waals surface area (Å²) in [7, 11) is 0. The predicted octanol–water partition coefficient (Wildman–Crippen LogP) is 2.51. The Hall–Kier alpha value is -3.36. The summed E-state index contributed by atoms with van der Waals surface area (Å²) in [6.07, 6.45) is -2.67. The van der Waals surface area contributed by atoms with Crippen molar-refractivity contribution in [2.45, 2.75) is 19.6 Å². The average molecular weight is 377 g/mol. The molecule has 2 aliphatic heterocycles. The molecule has 0 bridgehead atoms. The van der Waals surface area contributed by atoms with Crippen LogP contribution in [0, 0.1) is 0 Å². The number of nitrogens with zero attached hydrogens (tertiary/aromatic N) is 1. The van der Waals surface area contributed by atoms with Gasteiger partial charge in [0.2, 0.25) is 0 Å². The van der Waals surface area contributed by atoms with Crippen molar-refractivity contribution in [2.75, 3.05) is 0 Å². The summed E-state index contributed by atoms with van der Waals surface area (Å²) in [6.45, 7) is 1.42. The molecule has 27 heavy (non-hydrogen) atoms. The highest BCUT2D eigenvalue weighted by molar-refractivity contribution is 6.29. The molecule has 1 aromatic carbocycles. The minimum absolute atomic E-state index is 0.0337. The van der Waals surface area contributed by atoms with Gasteiger partial charge in [0, 0.05) is 12.2 Å². The summed E-state index contributed by atoms with van der Waals surface area (Å²) < 4.78 is 40.9. The smallest absolute Gasteiger partial charge is 0.337 e. The molecule has 3 rings (SSSR count). The number of carbonyl (C=O) groups is 3. The van der Waals surface area contributed by atoms with E-state index in [1.54, 1.807) is 30.3 Å². The van der Waals surface area contributed by atoms with Crippen molar-refractivity contribution < 1.29 is 27.6 Å². The zero-order valence-electron chi connectivity index (χ0n) is 14.1. The fraction of sp³-hybridized carbons (Fsp3) is 0.167. The van der Waals surface area contributed by atoms with Crippen molar-refractivity contribution in [1.29, 1.82) is 0 Å². The fourth-order valence-electron chi connectivity index (χ4n) is 2.84. The molecule has 4 amide bonds. The van der Waals surface area contributed by atoms with E-state index in [0.717, 1.165) is 11.0 Å². The van der Waals surface area contributed by atoms with E-state index in [0.29, 0.717) is 5.56 Å². The number of rotatable bonds is 2. The van der Waals surface area contributed by atoms with Crippen LogP contribution in [0.2, 0.25) is 0 Å². The molecule has 0 unspecified atom stereocenters. The number of barbiturate groups is 1. The zero-order chi connectivity index (χ0) is 19.8. The lowest BCUT2D eigenvalue weighted by Gasteiger charge is -2.33. The normalized spacial score (nSPS) is 18.1. The zero-order valence-corrected chi connectivity index (χ0v) is 14.1. The number of alkyl halides is 3. The molecule has 140 valence electrons. The van der Waals surface area contributed by atoms with Crippen molar-refractivity contribution in [2.24, 2.45) is 0 Å². The van der Waals surface area contributed by atoms with Gasteiger partial charge in [-0.05, 0) is 30.2 Å². The summed E-state index contributed by atoms with van der Waals surface area (Å²) in [5.74, 6) is -2.09. The third-order valence-electron chi connectivity index (χ3n) is 4.04. The molecule has 1 saturated heterocycles. The second-order valence-electron chi connectivity index (χ2n) is 5.95. The first-order valence-corrected chi connectivity index (χ1v) is 7.86. The predicted molar refractivity (Wildman–Crippen MR) is 88.6 cm³/mol. The molecule has 1 fully saturated rings. The van der Waals surface area contributed by atoms with Crippen LogP contribution in [-0.4, -0.2) is 28.9 Å². The first-order valence-electron chi connectivity index (χ1n) is 7.86. The van der Waals surface area contributed by atoms with Crippen LogP contribution in [0.15, 0.2) is 65.0 Å². The van der Waals surface area contributed by atoms with Gasteiger partial charge in [0.1, 0.15) is 11.3 Å². The summed E-state index contributed by atoms with van der Waals surface area (Å²) in [5, 5.41) is 3.71. The Labute approximate surface area is 152 Å². The van der Waals surface area contributed by atoms with E-state index >= 15 is 0 Å². The first-order chi connectivity index (χ1) is 12.7. The number of urea groups is 1. The first kappa shape index (κ1) is 18.4. The number of nitrogens with one attached hydrogen (secondary N) is 2. The number of hydrogen-bond donors (Lipinski definition) is 2. The third kappa shape index (κ3) is 3.76. The van der Waals surface area contributed by atoms with Crippen molar-refractivity contribution in [3.05, 3.63) is 70.6 Å². The lowest BCUT2D eigenvalue weighted by molar-refractivity contribution is -0.124. The summed E-state index contributed by atoms with van der Waals surface area (Å²) in [6, 6.07) is 7.57. The Kier molecular flexibility index (Phi) is 4.61. The van der Waals surface area contributed by atoms with Gasteiger partial charge in [0.05, 0.1) is 0 Å². The van der Waals surface area contributed by atoms with Crippen LogP contribution in [0.4, 0.5) is 18.0 Å². The Morgan fingerprint density at radius 1 is 0.963 bits per heavy atom. The van der Waals surface area contributed by atoms with E-state index in [-0.39, 0.29) is 17.8 Å². The molecule has 0 radical (unpaired) electrons. The number of carbonyl (C=O) groups excluding carboxylic acids is 3. The van der Waals surface area contributed by atoms with Crippen LogP contribution in [-0.2, 0) is 16.1 Å². The number of halogens is 3. The molecule has 0 aliphatic carbocycles. The SMILES string of the molecule is CC1=CC(=C2C(=O)NC(=O)NC2=O)C=C(C(F)(F)F)N1Cc1ccccc1. The van der Waals surface area contributed by atoms with Gasteiger partial charge >= 0.3 is 12.2 Å². The van der Waals surface area contributed by atoms with Gasteiger partial charge in [-0.2, -0.15) is 13.2 Å². The Balaban J connectivity index is 2.07. The molecule has 0 saturated carbocycles. The molecule has 0 atom stereocenters. The van der Waals surface area contributed by atoms with Gasteiger partial charge in [0.15, 0.2) is 0 Å². The van der Waals surface area contributed by atoms with E-state index in [4.69, 9.17) is 0 Å². The second-order valence-corrected chi connectivity index (χ2v) is 5.95. The summed E-state index contributed by atoms with van der Waals surface area (Å²) in [4.78, 5) is 36.1. The monoisotopic (exact) mass is 377 g/mol. The third-order valence-corrected chi connectivity index (χ3v) is 4.04. The largest absolute Gasteiger partial charge is 0.431 e. The molecule has 9 heteroatoms. The van der Waals surface area contributed by atoms with Crippen LogP contribution >= 0.6 is 0 Å². The van der Waals surface area contributed by atoms with Crippen LogP contribution < -0.4 is 10.6 Å². The second kappa shape index (κ2) is 6.75. The van der Waals surface area contributed by atoms with Crippen LogP contribution in [0.3, 0.4) is 0 Å². The van der Waals surface area contributed by atoms with Crippen molar-refractivity contribution >= 4 is 17.8 Å². The molecule has 2 aliphatic rings. The quantitative estimate of drug-likeness (QED) is 0.613. The Morgan fingerprint density at radius 3 is 2.11 bits per heavy atom. The number of hydrogen-bond acceptors (Lipinski definition) is 4. The standard InChI is InChI=1S/C18H14F3N3O3/c1-10-7-12(14-15(25)22-17(27)23-16(14)26)8-13(18(19,20)21)24(10)9-11-5-3-2-4-6-11/h2-8H,9H2,1H3,(H2,22,23,25,26,27). The molecule has 0 spiro atoms. The minimum atomic E-state index is -4.71. The highest BCUT2D eigenvalue weighted by atomic mass is 19.4. The average Bonchev–Trinajstić information content (AvgIpc) is 2.56. The van der Waals surface area contributed by atoms with Crippen molar-refractivity contribution in [3.8, 4) is 0 Å². The summed E-state index contributed by atoms with van der Waals surface area (Å²) in [5.41, 5.74) is -0.906. The Morgan fingerprint density at radius 2 is 1.56 bits per heavy atom. The van der Waals surface area contributed by atoms with E-state index in [1.165, 1.54) is 13.0 Å². The maximum absolute atomic E-state index is 13.6. The highest BCUT2D eigenvalue weighted by Crippen LogP contribution is 2.37. The summed E-state index contributed by atoms with van der Waals surface area (Å²) >= 11 is 0. The molecular formula is C18H14F3N3O3. The van der Waals surface area contributed by atoms with Gasteiger partial charge in [-0.15, -0.1) is 0 Å². The van der Waals surface area contributed by atoms with Crippen LogP contribution in [0.1, 0.15) is 12.5 Å². The van der Waals surface area contributed by atoms with E-state index in [9.17, 15) is 27.6 Å². The van der Waals surface area contributed by atoms with Gasteiger partial charge in [-0.3, -0.25) is 20.2 Å². The van der Waals surface area contributed by atoms with Crippen molar-refractivity contribution in [1.82, 2.24) is 15.5 Å².